The number of hydrogen-bond donors (Lipinski definition) is 1. The predicted molar refractivity (Wildman–Crippen MR) is 79.0 cm³/mol. The van der Waals surface area contributed by atoms with Gasteiger partial charge in [-0.1, -0.05) is 13.3 Å². The number of halogens is 1. The Morgan fingerprint density at radius 3 is 2.76 bits per heavy atom. The molecular formula is C15H22FNO3S. The lowest BCUT2D eigenvalue weighted by Gasteiger charge is -2.37. The first-order valence-corrected chi connectivity index (χ1v) is 8.78. The lowest BCUT2D eigenvalue weighted by atomic mass is 9.98. The molecule has 0 saturated carbocycles. The van der Waals surface area contributed by atoms with Crippen molar-refractivity contribution in [2.45, 2.75) is 56.6 Å². The first-order valence-electron chi connectivity index (χ1n) is 7.34. The Hall–Kier alpha value is -0.980. The van der Waals surface area contributed by atoms with Gasteiger partial charge in [-0.3, -0.25) is 0 Å². The van der Waals surface area contributed by atoms with Crippen LogP contribution in [0.1, 0.15) is 38.2 Å². The molecule has 21 heavy (non-hydrogen) atoms. The van der Waals surface area contributed by atoms with Crippen LogP contribution in [0.5, 0.6) is 0 Å². The maximum absolute atomic E-state index is 13.2. The van der Waals surface area contributed by atoms with Crippen molar-refractivity contribution >= 4 is 10.0 Å². The molecule has 0 radical (unpaired) electrons. The van der Waals surface area contributed by atoms with E-state index < -0.39 is 28.0 Å². The van der Waals surface area contributed by atoms with Gasteiger partial charge in [-0.25, -0.2) is 12.8 Å². The zero-order valence-electron chi connectivity index (χ0n) is 12.4. The quantitative estimate of drug-likeness (QED) is 0.928. The van der Waals surface area contributed by atoms with Crippen molar-refractivity contribution in [3.8, 4) is 0 Å². The molecule has 1 aromatic rings. The number of hydrogen-bond acceptors (Lipinski definition) is 3. The van der Waals surface area contributed by atoms with Crippen LogP contribution in [0, 0.1) is 12.7 Å². The van der Waals surface area contributed by atoms with Gasteiger partial charge in [0.1, 0.15) is 5.82 Å². The third kappa shape index (κ3) is 3.27. The molecule has 0 aliphatic carbocycles. The molecule has 1 aromatic carbocycles. The Morgan fingerprint density at radius 1 is 1.43 bits per heavy atom. The van der Waals surface area contributed by atoms with Crippen molar-refractivity contribution in [1.82, 2.24) is 4.31 Å². The Kier molecular flexibility index (Phi) is 5.01. The summed E-state index contributed by atoms with van der Waals surface area (Å²) >= 11 is 0. The average molecular weight is 315 g/mol. The largest absolute Gasteiger partial charge is 0.391 e. The van der Waals surface area contributed by atoms with Gasteiger partial charge < -0.3 is 5.11 Å². The molecular weight excluding hydrogens is 293 g/mol. The van der Waals surface area contributed by atoms with E-state index in [0.717, 1.165) is 18.9 Å². The highest BCUT2D eigenvalue weighted by molar-refractivity contribution is 7.89. The predicted octanol–water partition coefficient (Wildman–Crippen LogP) is 2.45. The molecule has 1 aliphatic heterocycles. The van der Waals surface area contributed by atoms with E-state index in [0.29, 0.717) is 24.9 Å². The molecule has 1 saturated heterocycles. The highest BCUT2D eigenvalue weighted by atomic mass is 32.2. The van der Waals surface area contributed by atoms with Gasteiger partial charge in [0.05, 0.1) is 17.0 Å². The van der Waals surface area contributed by atoms with Gasteiger partial charge >= 0.3 is 0 Å². The minimum absolute atomic E-state index is 0.124. The molecule has 6 heteroatoms. The van der Waals surface area contributed by atoms with Crippen LogP contribution in [0.4, 0.5) is 4.39 Å². The van der Waals surface area contributed by atoms with E-state index in [9.17, 15) is 17.9 Å². The third-order valence-electron chi connectivity index (χ3n) is 4.08. The summed E-state index contributed by atoms with van der Waals surface area (Å²) in [5.74, 6) is -0.449. The number of benzene rings is 1. The fourth-order valence-electron chi connectivity index (χ4n) is 2.91. The molecule has 0 spiro atoms. The van der Waals surface area contributed by atoms with Crippen molar-refractivity contribution in [1.29, 1.82) is 0 Å². The topological polar surface area (TPSA) is 57.6 Å². The van der Waals surface area contributed by atoms with Gasteiger partial charge in [0.25, 0.3) is 0 Å². The Balaban J connectivity index is 2.40. The Bertz CT molecular complexity index is 603. The van der Waals surface area contributed by atoms with Crippen LogP contribution in [-0.2, 0) is 10.0 Å². The lowest BCUT2D eigenvalue weighted by Crippen LogP contribution is -2.49. The fourth-order valence-corrected chi connectivity index (χ4v) is 4.84. The molecule has 2 rings (SSSR count). The SMILES string of the molecule is CCC(O)C1CCCCN1S(=O)(=O)c1ccc(F)cc1C. The Morgan fingerprint density at radius 2 is 2.14 bits per heavy atom. The number of aryl methyl sites for hydroxylation is 1. The number of sulfonamides is 1. The van der Waals surface area contributed by atoms with Gasteiger partial charge in [0.15, 0.2) is 0 Å². The van der Waals surface area contributed by atoms with E-state index in [2.05, 4.69) is 0 Å². The minimum Gasteiger partial charge on any atom is -0.391 e. The van der Waals surface area contributed by atoms with Gasteiger partial charge in [-0.15, -0.1) is 0 Å². The number of rotatable bonds is 4. The molecule has 118 valence electrons. The van der Waals surface area contributed by atoms with Crippen LogP contribution in [0.15, 0.2) is 23.1 Å². The van der Waals surface area contributed by atoms with E-state index in [1.165, 1.54) is 16.4 Å². The van der Waals surface area contributed by atoms with Crippen LogP contribution in [0.25, 0.3) is 0 Å². The molecule has 0 bridgehead atoms. The summed E-state index contributed by atoms with van der Waals surface area (Å²) in [5.41, 5.74) is 0.394. The molecule has 0 amide bonds. The monoisotopic (exact) mass is 315 g/mol. The van der Waals surface area contributed by atoms with Gasteiger partial charge in [-0.05, 0) is 49.9 Å². The number of aliphatic hydroxyl groups excluding tert-OH is 1. The molecule has 2 atom stereocenters. The molecule has 4 nitrogen and oxygen atoms in total. The second kappa shape index (κ2) is 6.42. The summed E-state index contributed by atoms with van der Waals surface area (Å²) in [6.07, 6.45) is 2.21. The van der Waals surface area contributed by atoms with E-state index in [4.69, 9.17) is 0 Å². The zero-order valence-corrected chi connectivity index (χ0v) is 13.2. The van der Waals surface area contributed by atoms with Crippen LogP contribution < -0.4 is 0 Å². The summed E-state index contributed by atoms with van der Waals surface area (Å²) in [6.45, 7) is 3.83. The molecule has 1 fully saturated rings. The van der Waals surface area contributed by atoms with Crippen molar-refractivity contribution in [2.75, 3.05) is 6.54 Å². The molecule has 1 heterocycles. The average Bonchev–Trinajstić information content (AvgIpc) is 2.46. The number of aliphatic hydroxyl groups is 1. The second-order valence-electron chi connectivity index (χ2n) is 5.56. The minimum atomic E-state index is -3.71. The van der Waals surface area contributed by atoms with Crippen molar-refractivity contribution in [3.05, 3.63) is 29.6 Å². The summed E-state index contributed by atoms with van der Waals surface area (Å²) in [7, 11) is -3.71. The first kappa shape index (κ1) is 16.4. The van der Waals surface area contributed by atoms with Gasteiger partial charge in [0, 0.05) is 6.54 Å². The van der Waals surface area contributed by atoms with Crippen LogP contribution in [-0.4, -0.2) is 36.5 Å². The van der Waals surface area contributed by atoms with Crippen LogP contribution in [0.2, 0.25) is 0 Å². The molecule has 1 aliphatic rings. The standard InChI is InChI=1S/C15H22FNO3S/c1-3-14(18)13-6-4-5-9-17(13)21(19,20)15-8-7-12(16)10-11(15)2/h7-8,10,13-14,18H,3-6,9H2,1-2H3. The summed E-state index contributed by atoms with van der Waals surface area (Å²) < 4.78 is 40.3. The maximum atomic E-state index is 13.2. The Labute approximate surface area is 125 Å². The highest BCUT2D eigenvalue weighted by Gasteiger charge is 2.37. The van der Waals surface area contributed by atoms with Crippen LogP contribution in [0.3, 0.4) is 0 Å². The summed E-state index contributed by atoms with van der Waals surface area (Å²) in [5, 5.41) is 10.1. The lowest BCUT2D eigenvalue weighted by molar-refractivity contribution is 0.0667. The van der Waals surface area contributed by atoms with E-state index >= 15 is 0 Å². The summed E-state index contributed by atoms with van der Waals surface area (Å²) in [4.78, 5) is 0.124. The number of piperidine rings is 1. The van der Waals surface area contributed by atoms with E-state index in [1.54, 1.807) is 6.92 Å². The van der Waals surface area contributed by atoms with Gasteiger partial charge in [-0.2, -0.15) is 4.31 Å². The second-order valence-corrected chi connectivity index (χ2v) is 7.42. The summed E-state index contributed by atoms with van der Waals surface area (Å²) in [6, 6.07) is 3.31. The van der Waals surface area contributed by atoms with Crippen molar-refractivity contribution in [3.63, 3.8) is 0 Å². The molecule has 0 aromatic heterocycles. The fraction of sp³-hybridized carbons (Fsp3) is 0.600. The van der Waals surface area contributed by atoms with E-state index in [1.807, 2.05) is 6.92 Å². The van der Waals surface area contributed by atoms with Gasteiger partial charge in [0.2, 0.25) is 10.0 Å². The third-order valence-corrected chi connectivity index (χ3v) is 6.17. The maximum Gasteiger partial charge on any atom is 0.243 e. The smallest absolute Gasteiger partial charge is 0.243 e. The van der Waals surface area contributed by atoms with Crippen molar-refractivity contribution in [2.24, 2.45) is 0 Å². The van der Waals surface area contributed by atoms with E-state index in [-0.39, 0.29) is 4.90 Å². The van der Waals surface area contributed by atoms with Crippen LogP contribution >= 0.6 is 0 Å². The molecule has 2 unspecified atom stereocenters. The normalized spacial score (nSPS) is 22.2. The van der Waals surface area contributed by atoms with Crippen molar-refractivity contribution < 1.29 is 17.9 Å². The molecule has 1 N–H and O–H groups in total. The highest BCUT2D eigenvalue weighted by Crippen LogP contribution is 2.29. The number of nitrogens with zero attached hydrogens (tertiary/aromatic N) is 1. The zero-order chi connectivity index (χ0) is 15.6. The first-order chi connectivity index (χ1) is 9.87.